The first-order valence-electron chi connectivity index (χ1n) is 9.06. The zero-order chi connectivity index (χ0) is 21.5. The number of nitrogens with one attached hydrogen (secondary N) is 1. The number of carbonyl (C=O) groups is 3. The van der Waals surface area contributed by atoms with Crippen molar-refractivity contribution in [2.45, 2.75) is 18.4 Å². The number of ketones is 1. The van der Waals surface area contributed by atoms with Crippen LogP contribution in [0.5, 0.6) is 0 Å². The van der Waals surface area contributed by atoms with Crippen LogP contribution in [0.2, 0.25) is 0 Å². The van der Waals surface area contributed by atoms with E-state index >= 15 is 0 Å². The number of esters is 1. The highest BCUT2D eigenvalue weighted by Crippen LogP contribution is 2.26. The lowest BCUT2D eigenvalue weighted by molar-refractivity contribution is -0.114. The van der Waals surface area contributed by atoms with Crippen LogP contribution >= 0.6 is 11.8 Å². The summed E-state index contributed by atoms with van der Waals surface area (Å²) in [5.41, 5.74) is 1.91. The summed E-state index contributed by atoms with van der Waals surface area (Å²) in [5.74, 6) is -1.36. The molecular weight excluding hydrogens is 404 g/mol. The van der Waals surface area contributed by atoms with Gasteiger partial charge in [0.1, 0.15) is 0 Å². The second-order valence-corrected chi connectivity index (χ2v) is 7.23. The van der Waals surface area contributed by atoms with Gasteiger partial charge in [-0.2, -0.15) is 0 Å². The van der Waals surface area contributed by atoms with Crippen LogP contribution in [0.3, 0.4) is 0 Å². The van der Waals surface area contributed by atoms with Crippen molar-refractivity contribution < 1.29 is 19.1 Å². The lowest BCUT2D eigenvalue weighted by atomic mass is 10.1. The maximum absolute atomic E-state index is 12.4. The SMILES string of the molecule is CSc1ccc(C(=O)COC(=O)c2cn(Cc3ccccc3)nn2)cc1NC(C)=O. The van der Waals surface area contributed by atoms with Crippen LogP contribution in [0.4, 0.5) is 5.69 Å². The third kappa shape index (κ3) is 5.54. The molecule has 0 atom stereocenters. The first kappa shape index (κ1) is 21.3. The summed E-state index contributed by atoms with van der Waals surface area (Å²) in [6.07, 6.45) is 3.34. The highest BCUT2D eigenvalue weighted by atomic mass is 32.2. The van der Waals surface area contributed by atoms with Crippen LogP contribution < -0.4 is 5.32 Å². The molecular formula is C21H20N4O4S. The Morgan fingerprint density at radius 3 is 2.60 bits per heavy atom. The largest absolute Gasteiger partial charge is 0.452 e. The first-order valence-corrected chi connectivity index (χ1v) is 10.3. The molecule has 0 aliphatic heterocycles. The van der Waals surface area contributed by atoms with Gasteiger partial charge in [-0.15, -0.1) is 16.9 Å². The van der Waals surface area contributed by atoms with Crippen molar-refractivity contribution in [3.05, 3.63) is 71.5 Å². The number of aromatic nitrogens is 3. The lowest BCUT2D eigenvalue weighted by Gasteiger charge is -2.10. The van der Waals surface area contributed by atoms with Gasteiger partial charge < -0.3 is 10.1 Å². The Kier molecular flexibility index (Phi) is 6.97. The van der Waals surface area contributed by atoms with E-state index in [1.165, 1.54) is 29.6 Å². The lowest BCUT2D eigenvalue weighted by Crippen LogP contribution is -2.15. The standard InChI is InChI=1S/C21H20N4O4S/c1-14(26)22-17-10-16(8-9-20(17)30-2)19(27)13-29-21(28)18-12-25(24-23-18)11-15-6-4-3-5-7-15/h3-10,12H,11,13H2,1-2H3,(H,22,26). The van der Waals surface area contributed by atoms with Gasteiger partial charge in [-0.25, -0.2) is 9.48 Å². The molecule has 1 amide bonds. The number of amides is 1. The summed E-state index contributed by atoms with van der Waals surface area (Å²) in [5, 5.41) is 10.4. The predicted molar refractivity (Wildman–Crippen MR) is 113 cm³/mol. The number of hydrogen-bond donors (Lipinski definition) is 1. The Balaban J connectivity index is 1.61. The average molecular weight is 424 g/mol. The van der Waals surface area contributed by atoms with E-state index in [1.54, 1.807) is 18.2 Å². The van der Waals surface area contributed by atoms with Crippen LogP contribution in [0, 0.1) is 0 Å². The van der Waals surface area contributed by atoms with Gasteiger partial charge in [0.25, 0.3) is 0 Å². The summed E-state index contributed by atoms with van der Waals surface area (Å²) in [6, 6.07) is 14.6. The fourth-order valence-electron chi connectivity index (χ4n) is 2.70. The third-order valence-electron chi connectivity index (χ3n) is 4.10. The van der Waals surface area contributed by atoms with Gasteiger partial charge in [-0.1, -0.05) is 41.6 Å². The van der Waals surface area contributed by atoms with Crippen molar-refractivity contribution in [1.82, 2.24) is 15.0 Å². The molecule has 0 unspecified atom stereocenters. The quantitative estimate of drug-likeness (QED) is 0.337. The van der Waals surface area contributed by atoms with Crippen LogP contribution in [-0.4, -0.2) is 45.5 Å². The highest BCUT2D eigenvalue weighted by Gasteiger charge is 2.16. The van der Waals surface area contributed by atoms with E-state index in [1.807, 2.05) is 36.6 Å². The van der Waals surface area contributed by atoms with Crippen molar-refractivity contribution in [3.8, 4) is 0 Å². The van der Waals surface area contributed by atoms with Crippen molar-refractivity contribution in [2.75, 3.05) is 18.2 Å². The third-order valence-corrected chi connectivity index (χ3v) is 4.90. The molecule has 1 aromatic heterocycles. The molecule has 1 heterocycles. The zero-order valence-corrected chi connectivity index (χ0v) is 17.3. The number of benzene rings is 2. The summed E-state index contributed by atoms with van der Waals surface area (Å²) < 4.78 is 6.61. The zero-order valence-electron chi connectivity index (χ0n) is 16.5. The van der Waals surface area contributed by atoms with E-state index in [0.29, 0.717) is 17.8 Å². The van der Waals surface area contributed by atoms with E-state index in [2.05, 4.69) is 15.6 Å². The average Bonchev–Trinajstić information content (AvgIpc) is 3.20. The van der Waals surface area contributed by atoms with Gasteiger partial charge in [-0.05, 0) is 24.0 Å². The minimum atomic E-state index is -0.731. The molecule has 0 spiro atoms. The fourth-order valence-corrected chi connectivity index (χ4v) is 3.23. The van der Waals surface area contributed by atoms with Gasteiger partial charge in [-0.3, -0.25) is 9.59 Å². The first-order chi connectivity index (χ1) is 14.5. The molecule has 0 saturated heterocycles. The molecule has 0 saturated carbocycles. The van der Waals surface area contributed by atoms with Crippen LogP contribution in [0.1, 0.15) is 33.3 Å². The molecule has 30 heavy (non-hydrogen) atoms. The normalized spacial score (nSPS) is 10.5. The summed E-state index contributed by atoms with van der Waals surface area (Å²) in [6.45, 7) is 1.42. The Bertz CT molecular complexity index is 1070. The smallest absolute Gasteiger partial charge is 0.360 e. The van der Waals surface area contributed by atoms with Gasteiger partial charge >= 0.3 is 5.97 Å². The van der Waals surface area contributed by atoms with Crippen molar-refractivity contribution in [1.29, 1.82) is 0 Å². The molecule has 3 rings (SSSR count). The number of thioether (sulfide) groups is 1. The Hall–Kier alpha value is -3.46. The monoisotopic (exact) mass is 424 g/mol. The van der Waals surface area contributed by atoms with Gasteiger partial charge in [0.15, 0.2) is 18.1 Å². The molecule has 8 nitrogen and oxygen atoms in total. The number of ether oxygens (including phenoxy) is 1. The number of Topliss-reactive ketones (excluding diaryl/α,β-unsaturated/α-hetero) is 1. The Morgan fingerprint density at radius 1 is 1.13 bits per heavy atom. The van der Waals surface area contributed by atoms with Crippen LogP contribution in [0.25, 0.3) is 0 Å². The van der Waals surface area contributed by atoms with E-state index in [-0.39, 0.29) is 17.4 Å². The van der Waals surface area contributed by atoms with Gasteiger partial charge in [0, 0.05) is 17.4 Å². The second kappa shape index (κ2) is 9.84. The minimum absolute atomic E-state index is 0.0235. The molecule has 2 aromatic carbocycles. The molecule has 0 radical (unpaired) electrons. The van der Waals surface area contributed by atoms with Crippen molar-refractivity contribution >= 4 is 35.1 Å². The number of anilines is 1. The Labute approximate surface area is 177 Å². The molecule has 0 fully saturated rings. The number of carbonyl (C=O) groups excluding carboxylic acids is 3. The maximum Gasteiger partial charge on any atom is 0.360 e. The van der Waals surface area contributed by atoms with E-state index in [9.17, 15) is 14.4 Å². The number of rotatable bonds is 8. The summed E-state index contributed by atoms with van der Waals surface area (Å²) in [7, 11) is 0. The van der Waals surface area contributed by atoms with Crippen LogP contribution in [0.15, 0.2) is 59.6 Å². The van der Waals surface area contributed by atoms with Crippen molar-refractivity contribution in [2.24, 2.45) is 0 Å². The summed E-state index contributed by atoms with van der Waals surface area (Å²) in [4.78, 5) is 36.8. The summed E-state index contributed by atoms with van der Waals surface area (Å²) >= 11 is 1.45. The molecule has 9 heteroatoms. The van der Waals surface area contributed by atoms with Gasteiger partial charge in [0.2, 0.25) is 5.91 Å². The fraction of sp³-hybridized carbons (Fsp3) is 0.190. The van der Waals surface area contributed by atoms with Gasteiger partial charge in [0.05, 0.1) is 18.4 Å². The molecule has 154 valence electrons. The minimum Gasteiger partial charge on any atom is -0.452 e. The Morgan fingerprint density at radius 2 is 1.90 bits per heavy atom. The second-order valence-electron chi connectivity index (χ2n) is 6.38. The molecule has 3 aromatic rings. The molecule has 1 N–H and O–H groups in total. The topological polar surface area (TPSA) is 103 Å². The van der Waals surface area contributed by atoms with E-state index in [0.717, 1.165) is 10.5 Å². The maximum atomic E-state index is 12.4. The van der Waals surface area contributed by atoms with Crippen molar-refractivity contribution in [3.63, 3.8) is 0 Å². The van der Waals surface area contributed by atoms with Crippen LogP contribution in [-0.2, 0) is 16.1 Å². The molecule has 0 bridgehead atoms. The molecule has 0 aliphatic carbocycles. The number of hydrogen-bond acceptors (Lipinski definition) is 7. The van der Waals surface area contributed by atoms with E-state index in [4.69, 9.17) is 4.74 Å². The number of nitrogens with zero attached hydrogens (tertiary/aromatic N) is 3. The van der Waals surface area contributed by atoms with E-state index < -0.39 is 12.6 Å². The predicted octanol–water partition coefficient (Wildman–Crippen LogP) is 3.05. The molecule has 0 aliphatic rings. The highest BCUT2D eigenvalue weighted by molar-refractivity contribution is 7.98.